The van der Waals surface area contributed by atoms with E-state index in [0.29, 0.717) is 0 Å². The molecular weight excluding hydrogens is 497 g/mol. The van der Waals surface area contributed by atoms with E-state index in [1.807, 2.05) is 89.6 Å². The van der Waals surface area contributed by atoms with Gasteiger partial charge in [0.15, 0.2) is 0 Å². The highest BCUT2D eigenvalue weighted by Crippen LogP contribution is 2.24. The van der Waals surface area contributed by atoms with Crippen molar-refractivity contribution in [3.8, 4) is 22.5 Å². The van der Waals surface area contributed by atoms with Crippen LogP contribution in [0.3, 0.4) is 0 Å². The molecule has 0 bridgehead atoms. The Kier molecular flexibility index (Phi) is 6.38. The van der Waals surface area contributed by atoms with Crippen molar-refractivity contribution in [1.82, 2.24) is 44.0 Å². The van der Waals surface area contributed by atoms with E-state index in [1.54, 1.807) is 0 Å². The lowest BCUT2D eigenvalue weighted by Crippen LogP contribution is -2.45. The summed E-state index contributed by atoms with van der Waals surface area (Å²) >= 11 is 0. The fraction of sp³-hybridized carbons (Fsp3) is 0.200. The molecule has 198 valence electrons. The zero-order chi connectivity index (χ0) is 28.0. The third-order valence-corrected chi connectivity index (χ3v) is 7.04. The van der Waals surface area contributed by atoms with Crippen molar-refractivity contribution >= 4 is 18.4 Å². The molecule has 10 heteroatoms. The van der Waals surface area contributed by atoms with Crippen LogP contribution in [0, 0.1) is 34.6 Å². The number of hydrogen-bond donors (Lipinski definition) is 0. The third-order valence-electron chi connectivity index (χ3n) is 7.04. The molecule has 0 N–H and O–H groups in total. The highest BCUT2D eigenvalue weighted by Gasteiger charge is 2.21. The molecule has 0 unspecified atom stereocenters. The first-order valence-corrected chi connectivity index (χ1v) is 13.2. The zero-order valence-corrected chi connectivity index (χ0v) is 23.5. The van der Waals surface area contributed by atoms with Crippen LogP contribution in [0.1, 0.15) is 41.1 Å². The molecule has 6 heterocycles. The first-order chi connectivity index (χ1) is 19.3. The van der Waals surface area contributed by atoms with Gasteiger partial charge in [-0.05, 0) is 100 Å². The van der Waals surface area contributed by atoms with E-state index < -0.39 is 7.12 Å². The Labute approximate surface area is 233 Å². The van der Waals surface area contributed by atoms with Gasteiger partial charge in [0.05, 0.1) is 27.6 Å². The Bertz CT molecular complexity index is 1710. The maximum absolute atomic E-state index is 5.06. The van der Waals surface area contributed by atoms with Crippen molar-refractivity contribution in [2.75, 3.05) is 0 Å². The van der Waals surface area contributed by atoms with E-state index in [9.17, 15) is 0 Å². The van der Waals surface area contributed by atoms with Crippen molar-refractivity contribution in [1.29, 1.82) is 0 Å². The standard InChI is InChI=1S/C30H30BN9/c1-19-7-10-25(16-32-19)28-13-22(4)38(35-28)31(39-23(5)14-29(36-39)26-11-8-20(2)33-17-26)40-24(6)15-30(37-40)27-12-9-21(3)34-18-27/h7-18H,1-6H3. The number of hydrogen-bond acceptors (Lipinski definition) is 6. The predicted molar refractivity (Wildman–Crippen MR) is 159 cm³/mol. The Morgan fingerprint density at radius 1 is 0.600 bits per heavy atom. The summed E-state index contributed by atoms with van der Waals surface area (Å²) in [6.07, 6.45) is 9.63. The Balaban J connectivity index is 1.51. The number of pyridine rings is 2. The smallest absolute Gasteiger partial charge is 0.261 e. The van der Waals surface area contributed by atoms with E-state index in [-0.39, 0.29) is 0 Å². The molecule has 9 nitrogen and oxygen atoms in total. The van der Waals surface area contributed by atoms with Crippen molar-refractivity contribution in [2.45, 2.75) is 41.5 Å². The van der Waals surface area contributed by atoms with E-state index in [2.05, 4.69) is 53.9 Å². The highest BCUT2D eigenvalue weighted by molar-refractivity contribution is 6.53. The van der Waals surface area contributed by atoms with Crippen LogP contribution in [-0.4, -0.2) is 51.9 Å². The summed E-state index contributed by atoms with van der Waals surface area (Å²) in [5.41, 5.74) is 11.2. The summed E-state index contributed by atoms with van der Waals surface area (Å²) < 4.78 is 5.93. The van der Waals surface area contributed by atoms with Gasteiger partial charge in [-0.2, -0.15) is 0 Å². The predicted octanol–water partition coefficient (Wildman–Crippen LogP) is 4.58. The SMILES string of the molecule is CC1=[N+]C=C(c2cc(C)n([B-](n3nc(-c4ccc(C)nc4)cc3C)n3nc(-c4ccc(C)nc4)cc3C)n2)C=C1. The first-order valence-electron chi connectivity index (χ1n) is 13.2. The molecule has 0 spiro atoms. The summed E-state index contributed by atoms with van der Waals surface area (Å²) in [6.45, 7) is 12.1. The molecule has 0 aliphatic carbocycles. The molecule has 0 atom stereocenters. The maximum atomic E-state index is 5.06. The number of aromatic nitrogens is 8. The Morgan fingerprint density at radius 3 is 1.50 bits per heavy atom. The minimum Gasteiger partial charge on any atom is -0.422 e. The van der Waals surface area contributed by atoms with Crippen LogP contribution in [0.2, 0.25) is 0 Å². The Hall–Kier alpha value is -4.86. The Morgan fingerprint density at radius 2 is 1.07 bits per heavy atom. The molecule has 0 amide bonds. The van der Waals surface area contributed by atoms with E-state index in [1.165, 1.54) is 0 Å². The lowest BCUT2D eigenvalue weighted by molar-refractivity contribution is 0.741. The number of allylic oxidation sites excluding steroid dienone is 3. The fourth-order valence-corrected chi connectivity index (χ4v) is 4.76. The molecule has 5 aromatic heterocycles. The van der Waals surface area contributed by atoms with Crippen LogP contribution < -0.4 is 4.99 Å². The molecule has 0 aromatic carbocycles. The van der Waals surface area contributed by atoms with E-state index in [0.717, 1.165) is 68.0 Å². The largest absolute Gasteiger partial charge is 0.422 e. The van der Waals surface area contributed by atoms with Gasteiger partial charge < -0.3 is 13.8 Å². The maximum Gasteiger partial charge on any atom is 0.261 e. The fourth-order valence-electron chi connectivity index (χ4n) is 4.76. The summed E-state index contributed by atoms with van der Waals surface area (Å²) in [5, 5.41) is 15.2. The van der Waals surface area contributed by atoms with Crippen LogP contribution in [-0.2, 0) is 0 Å². The summed E-state index contributed by atoms with van der Waals surface area (Å²) in [7, 11) is -0.480. The summed E-state index contributed by atoms with van der Waals surface area (Å²) in [4.78, 5) is 13.4. The molecule has 1 aliphatic heterocycles. The highest BCUT2D eigenvalue weighted by atomic mass is 15.5. The van der Waals surface area contributed by atoms with Crippen LogP contribution in [0.5, 0.6) is 0 Å². The van der Waals surface area contributed by atoms with Gasteiger partial charge in [0.2, 0.25) is 0 Å². The summed E-state index contributed by atoms with van der Waals surface area (Å²) in [5.74, 6) is 0. The molecule has 2 radical (unpaired) electrons. The first kappa shape index (κ1) is 25.4. The molecule has 6 rings (SSSR count). The lowest BCUT2D eigenvalue weighted by atomic mass is 9.93. The van der Waals surface area contributed by atoms with E-state index in [4.69, 9.17) is 15.3 Å². The van der Waals surface area contributed by atoms with Crippen LogP contribution in [0.15, 0.2) is 73.2 Å². The average molecular weight is 527 g/mol. The summed E-state index contributed by atoms with van der Waals surface area (Å²) in [6, 6.07) is 14.3. The number of rotatable bonds is 6. The zero-order valence-electron chi connectivity index (χ0n) is 23.5. The normalized spacial score (nSPS) is 13.2. The average Bonchev–Trinajstić information content (AvgIpc) is 3.63. The van der Waals surface area contributed by atoms with Gasteiger partial charge in [0, 0.05) is 47.9 Å². The van der Waals surface area contributed by atoms with Crippen molar-refractivity contribution < 1.29 is 0 Å². The molecular formula is C30H30BN9. The van der Waals surface area contributed by atoms with Gasteiger partial charge in [0.25, 0.3) is 19.0 Å². The number of aliphatic imine (C=N–C) groups is 1. The van der Waals surface area contributed by atoms with Gasteiger partial charge >= 0.3 is 0 Å². The van der Waals surface area contributed by atoms with Crippen LogP contribution in [0.4, 0.5) is 0 Å². The topological polar surface area (TPSA) is 93.3 Å². The minimum atomic E-state index is -0.480. The lowest BCUT2D eigenvalue weighted by Gasteiger charge is -2.33. The third kappa shape index (κ3) is 4.72. The molecule has 0 saturated carbocycles. The second-order valence-electron chi connectivity index (χ2n) is 10.3. The van der Waals surface area contributed by atoms with Crippen molar-refractivity contribution in [3.63, 3.8) is 0 Å². The second-order valence-corrected chi connectivity index (χ2v) is 10.3. The molecule has 5 aromatic rings. The van der Waals surface area contributed by atoms with Gasteiger partial charge in [-0.15, -0.1) is 0 Å². The van der Waals surface area contributed by atoms with Gasteiger partial charge in [0.1, 0.15) is 0 Å². The van der Waals surface area contributed by atoms with Crippen molar-refractivity contribution in [3.05, 3.63) is 107 Å². The quantitative estimate of drug-likeness (QED) is 0.302. The van der Waals surface area contributed by atoms with Crippen LogP contribution >= 0.6 is 0 Å². The second kappa shape index (κ2) is 10.0. The van der Waals surface area contributed by atoms with E-state index >= 15 is 0 Å². The minimum absolute atomic E-state index is 0.480. The van der Waals surface area contributed by atoms with Gasteiger partial charge in [-0.1, -0.05) is 0 Å². The number of nitrogens with zero attached hydrogens (tertiary/aromatic N) is 9. The molecule has 40 heavy (non-hydrogen) atoms. The van der Waals surface area contributed by atoms with Gasteiger partial charge in [-0.3, -0.25) is 9.97 Å². The molecule has 1 aliphatic rings. The number of aryl methyl sites for hydroxylation is 5. The molecule has 0 fully saturated rings. The van der Waals surface area contributed by atoms with Crippen LogP contribution in [0.25, 0.3) is 28.1 Å². The van der Waals surface area contributed by atoms with Crippen molar-refractivity contribution in [2.24, 2.45) is 0 Å². The monoisotopic (exact) mass is 527 g/mol. The molecule has 0 saturated heterocycles. The van der Waals surface area contributed by atoms with Gasteiger partial charge in [-0.25, -0.2) is 15.3 Å².